The Morgan fingerprint density at radius 1 is 1.26 bits per heavy atom. The quantitative estimate of drug-likeness (QED) is 0.818. The normalized spacial score (nSPS) is 15.2. The van der Waals surface area contributed by atoms with Crippen LogP contribution in [0.5, 0.6) is 0 Å². The molecule has 0 radical (unpaired) electrons. The molecule has 1 amide bonds. The Morgan fingerprint density at radius 2 is 2.00 bits per heavy atom. The fourth-order valence-corrected chi connectivity index (χ4v) is 3.03. The molecular formula is C19H27N7O. The van der Waals surface area contributed by atoms with Crippen LogP contribution in [-0.2, 0) is 6.54 Å². The lowest BCUT2D eigenvalue weighted by Crippen LogP contribution is -2.45. The summed E-state index contributed by atoms with van der Waals surface area (Å²) in [7, 11) is 2.12. The summed E-state index contributed by atoms with van der Waals surface area (Å²) in [4.78, 5) is 29.9. The topological polar surface area (TPSA) is 100 Å². The van der Waals surface area contributed by atoms with Gasteiger partial charge < -0.3 is 20.9 Å². The van der Waals surface area contributed by atoms with E-state index in [1.54, 1.807) is 12.3 Å². The minimum Gasteiger partial charge on any atom is -0.368 e. The SMILES string of the molecule is CC(C)c1cc(C(=O)NCc2cccnc2N2CCN(C)CC2)nc(N)n1. The Labute approximate surface area is 159 Å². The molecular weight excluding hydrogens is 342 g/mol. The van der Waals surface area contributed by atoms with Gasteiger partial charge in [0.15, 0.2) is 0 Å². The molecule has 0 bridgehead atoms. The highest BCUT2D eigenvalue weighted by atomic mass is 16.1. The van der Waals surface area contributed by atoms with Gasteiger partial charge in [-0.25, -0.2) is 15.0 Å². The maximum Gasteiger partial charge on any atom is 0.270 e. The van der Waals surface area contributed by atoms with Crippen LogP contribution in [0, 0.1) is 0 Å². The van der Waals surface area contributed by atoms with Crippen molar-refractivity contribution >= 4 is 17.7 Å². The van der Waals surface area contributed by atoms with E-state index >= 15 is 0 Å². The van der Waals surface area contributed by atoms with Gasteiger partial charge in [0.05, 0.1) is 0 Å². The molecule has 8 heteroatoms. The molecule has 1 fully saturated rings. The molecule has 144 valence electrons. The zero-order chi connectivity index (χ0) is 19.4. The minimum absolute atomic E-state index is 0.117. The number of piperazine rings is 1. The number of hydrogen-bond donors (Lipinski definition) is 2. The third-order valence-corrected chi connectivity index (χ3v) is 4.70. The Morgan fingerprint density at radius 3 is 2.70 bits per heavy atom. The molecule has 3 N–H and O–H groups in total. The fraction of sp³-hybridized carbons (Fsp3) is 0.474. The van der Waals surface area contributed by atoms with E-state index in [1.807, 2.05) is 26.0 Å². The summed E-state index contributed by atoms with van der Waals surface area (Å²) in [6.07, 6.45) is 1.79. The summed E-state index contributed by atoms with van der Waals surface area (Å²) in [5.41, 5.74) is 7.78. The molecule has 0 atom stereocenters. The first kappa shape index (κ1) is 19.0. The van der Waals surface area contributed by atoms with Gasteiger partial charge in [-0.2, -0.15) is 0 Å². The molecule has 1 aliphatic rings. The zero-order valence-corrected chi connectivity index (χ0v) is 16.1. The van der Waals surface area contributed by atoms with Crippen molar-refractivity contribution < 1.29 is 4.79 Å². The van der Waals surface area contributed by atoms with Crippen molar-refractivity contribution in [2.75, 3.05) is 43.9 Å². The number of nitrogens with one attached hydrogen (secondary N) is 1. The number of aromatic nitrogens is 3. The summed E-state index contributed by atoms with van der Waals surface area (Å²) in [6.45, 7) is 8.24. The van der Waals surface area contributed by atoms with Crippen LogP contribution in [0.3, 0.4) is 0 Å². The van der Waals surface area contributed by atoms with Gasteiger partial charge in [-0.05, 0) is 25.1 Å². The Balaban J connectivity index is 1.71. The number of nitrogen functional groups attached to an aromatic ring is 1. The summed E-state index contributed by atoms with van der Waals surface area (Å²) in [5.74, 6) is 0.949. The molecule has 0 saturated carbocycles. The zero-order valence-electron chi connectivity index (χ0n) is 16.1. The lowest BCUT2D eigenvalue weighted by molar-refractivity contribution is 0.0945. The van der Waals surface area contributed by atoms with E-state index in [2.05, 4.69) is 37.1 Å². The van der Waals surface area contributed by atoms with E-state index in [-0.39, 0.29) is 23.5 Å². The third kappa shape index (κ3) is 4.71. The Bertz CT molecular complexity index is 800. The third-order valence-electron chi connectivity index (χ3n) is 4.70. The summed E-state index contributed by atoms with van der Waals surface area (Å²) in [6, 6.07) is 5.58. The maximum atomic E-state index is 12.6. The highest BCUT2D eigenvalue weighted by Crippen LogP contribution is 2.19. The molecule has 0 aliphatic carbocycles. The highest BCUT2D eigenvalue weighted by Gasteiger charge is 2.19. The average Bonchev–Trinajstić information content (AvgIpc) is 2.66. The number of likely N-dealkylation sites (N-methyl/N-ethyl adjacent to an activating group) is 1. The van der Waals surface area contributed by atoms with Gasteiger partial charge in [0.2, 0.25) is 5.95 Å². The van der Waals surface area contributed by atoms with Crippen LogP contribution < -0.4 is 16.0 Å². The van der Waals surface area contributed by atoms with Gasteiger partial charge in [-0.15, -0.1) is 0 Å². The molecule has 27 heavy (non-hydrogen) atoms. The Kier molecular flexibility index (Phi) is 5.85. The molecule has 1 saturated heterocycles. The number of carbonyl (C=O) groups excluding carboxylic acids is 1. The van der Waals surface area contributed by atoms with Crippen molar-refractivity contribution in [1.82, 2.24) is 25.2 Å². The van der Waals surface area contributed by atoms with Gasteiger partial charge in [0.1, 0.15) is 11.5 Å². The van der Waals surface area contributed by atoms with Crippen LogP contribution in [0.25, 0.3) is 0 Å². The number of pyridine rings is 1. The van der Waals surface area contributed by atoms with Crippen LogP contribution in [0.15, 0.2) is 24.4 Å². The lowest BCUT2D eigenvalue weighted by atomic mass is 10.1. The van der Waals surface area contributed by atoms with Crippen molar-refractivity contribution in [1.29, 1.82) is 0 Å². The molecule has 2 aromatic heterocycles. The van der Waals surface area contributed by atoms with E-state index < -0.39 is 0 Å². The summed E-state index contributed by atoms with van der Waals surface area (Å²) < 4.78 is 0. The predicted molar refractivity (Wildman–Crippen MR) is 106 cm³/mol. The predicted octanol–water partition coefficient (Wildman–Crippen LogP) is 1.26. The van der Waals surface area contributed by atoms with E-state index in [1.165, 1.54) is 0 Å². The first-order valence-electron chi connectivity index (χ1n) is 9.24. The van der Waals surface area contributed by atoms with Crippen LogP contribution in [-0.4, -0.2) is 59.0 Å². The molecule has 0 aromatic carbocycles. The molecule has 8 nitrogen and oxygen atoms in total. The summed E-state index contributed by atoms with van der Waals surface area (Å²) in [5, 5.41) is 2.94. The molecule has 0 unspecified atom stereocenters. The smallest absolute Gasteiger partial charge is 0.270 e. The van der Waals surface area contributed by atoms with Gasteiger partial charge >= 0.3 is 0 Å². The monoisotopic (exact) mass is 369 g/mol. The van der Waals surface area contributed by atoms with Crippen LogP contribution >= 0.6 is 0 Å². The molecule has 3 rings (SSSR count). The van der Waals surface area contributed by atoms with Crippen molar-refractivity contribution in [2.24, 2.45) is 0 Å². The van der Waals surface area contributed by atoms with Crippen LogP contribution in [0.4, 0.5) is 11.8 Å². The van der Waals surface area contributed by atoms with E-state index in [0.29, 0.717) is 6.54 Å². The molecule has 3 heterocycles. The van der Waals surface area contributed by atoms with Crippen LogP contribution in [0.2, 0.25) is 0 Å². The van der Waals surface area contributed by atoms with E-state index in [9.17, 15) is 4.79 Å². The lowest BCUT2D eigenvalue weighted by Gasteiger charge is -2.34. The van der Waals surface area contributed by atoms with Crippen molar-refractivity contribution in [3.05, 3.63) is 41.3 Å². The number of carbonyl (C=O) groups is 1. The second kappa shape index (κ2) is 8.30. The van der Waals surface area contributed by atoms with Crippen LogP contribution in [0.1, 0.15) is 41.5 Å². The standard InChI is InChI=1S/C19H27N7O/c1-13(2)15-11-16(24-19(20)23-15)18(27)22-12-14-5-4-6-21-17(14)26-9-7-25(3)8-10-26/h4-6,11,13H,7-10,12H2,1-3H3,(H,22,27)(H2,20,23,24). The number of hydrogen-bond acceptors (Lipinski definition) is 7. The number of nitrogens with two attached hydrogens (primary N) is 1. The second-order valence-electron chi connectivity index (χ2n) is 7.15. The van der Waals surface area contributed by atoms with Crippen molar-refractivity contribution in [3.63, 3.8) is 0 Å². The van der Waals surface area contributed by atoms with Crippen molar-refractivity contribution in [3.8, 4) is 0 Å². The molecule has 1 aliphatic heterocycles. The number of nitrogens with zero attached hydrogens (tertiary/aromatic N) is 5. The number of anilines is 2. The largest absolute Gasteiger partial charge is 0.368 e. The minimum atomic E-state index is -0.265. The number of rotatable bonds is 5. The van der Waals surface area contributed by atoms with Gasteiger partial charge in [0.25, 0.3) is 5.91 Å². The van der Waals surface area contributed by atoms with Gasteiger partial charge in [0, 0.05) is 50.2 Å². The maximum absolute atomic E-state index is 12.6. The van der Waals surface area contributed by atoms with E-state index in [0.717, 1.165) is 43.3 Å². The molecule has 0 spiro atoms. The Hall–Kier alpha value is -2.74. The average molecular weight is 369 g/mol. The van der Waals surface area contributed by atoms with E-state index in [4.69, 9.17) is 5.73 Å². The summed E-state index contributed by atoms with van der Waals surface area (Å²) >= 11 is 0. The van der Waals surface area contributed by atoms with Crippen molar-refractivity contribution in [2.45, 2.75) is 26.3 Å². The first-order chi connectivity index (χ1) is 12.9. The van der Waals surface area contributed by atoms with Gasteiger partial charge in [-0.1, -0.05) is 19.9 Å². The fourth-order valence-electron chi connectivity index (χ4n) is 3.03. The highest BCUT2D eigenvalue weighted by molar-refractivity contribution is 5.92. The number of amides is 1. The van der Waals surface area contributed by atoms with Gasteiger partial charge in [-0.3, -0.25) is 4.79 Å². The first-order valence-corrected chi connectivity index (χ1v) is 9.24. The molecule has 2 aromatic rings. The second-order valence-corrected chi connectivity index (χ2v) is 7.15.